The molecule has 0 radical (unpaired) electrons. The van der Waals surface area contributed by atoms with Gasteiger partial charge in [0.15, 0.2) is 0 Å². The lowest BCUT2D eigenvalue weighted by Gasteiger charge is -2.11. The van der Waals surface area contributed by atoms with Crippen molar-refractivity contribution in [3.05, 3.63) is 16.1 Å². The van der Waals surface area contributed by atoms with Crippen molar-refractivity contribution in [3.63, 3.8) is 0 Å². The van der Waals surface area contributed by atoms with Gasteiger partial charge in [0.25, 0.3) is 0 Å². The number of amides is 2. The van der Waals surface area contributed by atoms with Gasteiger partial charge in [0.2, 0.25) is 0 Å². The van der Waals surface area contributed by atoms with Crippen molar-refractivity contribution in [1.29, 1.82) is 0 Å². The van der Waals surface area contributed by atoms with Gasteiger partial charge in [-0.15, -0.1) is 11.3 Å². The molecule has 102 valence electrons. The summed E-state index contributed by atoms with van der Waals surface area (Å²) in [6.45, 7) is 4.76. The van der Waals surface area contributed by atoms with Crippen LogP contribution < -0.4 is 10.6 Å². The molecule has 18 heavy (non-hydrogen) atoms. The summed E-state index contributed by atoms with van der Waals surface area (Å²) in [4.78, 5) is 15.8. The van der Waals surface area contributed by atoms with E-state index in [2.05, 4.69) is 22.5 Å². The van der Waals surface area contributed by atoms with Gasteiger partial charge in [0.05, 0.1) is 23.4 Å². The van der Waals surface area contributed by atoms with Gasteiger partial charge in [-0.25, -0.2) is 9.78 Å². The maximum Gasteiger partial charge on any atom is 0.315 e. The number of nitrogens with one attached hydrogen (secondary N) is 2. The van der Waals surface area contributed by atoms with E-state index in [0.29, 0.717) is 13.0 Å². The number of carbonyl (C=O) groups excluding carboxylic acids is 1. The van der Waals surface area contributed by atoms with E-state index in [4.69, 9.17) is 0 Å². The van der Waals surface area contributed by atoms with Crippen LogP contribution in [0.5, 0.6) is 0 Å². The zero-order chi connectivity index (χ0) is 13.4. The van der Waals surface area contributed by atoms with Crippen molar-refractivity contribution in [2.24, 2.45) is 0 Å². The van der Waals surface area contributed by atoms with Crippen LogP contribution in [0, 0.1) is 0 Å². The fourth-order valence-electron chi connectivity index (χ4n) is 1.47. The minimum Gasteiger partial charge on any atom is -0.391 e. The van der Waals surface area contributed by atoms with Crippen LogP contribution in [0.15, 0.2) is 5.38 Å². The van der Waals surface area contributed by atoms with Crippen LogP contribution in [-0.2, 0) is 13.0 Å². The molecule has 0 saturated heterocycles. The van der Waals surface area contributed by atoms with Gasteiger partial charge in [-0.1, -0.05) is 20.3 Å². The van der Waals surface area contributed by atoms with E-state index < -0.39 is 6.10 Å². The lowest BCUT2D eigenvalue weighted by atomic mass is 10.2. The number of aliphatic hydroxyl groups is 1. The predicted octanol–water partition coefficient (Wildman–Crippen LogP) is 1.67. The van der Waals surface area contributed by atoms with Gasteiger partial charge in [-0.05, 0) is 12.8 Å². The number of aliphatic hydroxyl groups excluding tert-OH is 1. The van der Waals surface area contributed by atoms with E-state index in [1.807, 2.05) is 12.3 Å². The Balaban J connectivity index is 2.20. The lowest BCUT2D eigenvalue weighted by molar-refractivity contribution is 0.160. The highest BCUT2D eigenvalue weighted by Crippen LogP contribution is 2.09. The predicted molar refractivity (Wildman–Crippen MR) is 72.6 cm³/mol. The third kappa shape index (κ3) is 5.46. The fraction of sp³-hybridized carbons (Fsp3) is 0.667. The first kappa shape index (κ1) is 14.9. The van der Waals surface area contributed by atoms with Crippen LogP contribution in [0.1, 0.15) is 37.4 Å². The number of urea groups is 1. The summed E-state index contributed by atoms with van der Waals surface area (Å²) in [7, 11) is 0. The van der Waals surface area contributed by atoms with Crippen molar-refractivity contribution < 1.29 is 9.90 Å². The van der Waals surface area contributed by atoms with E-state index in [0.717, 1.165) is 23.5 Å². The summed E-state index contributed by atoms with van der Waals surface area (Å²) < 4.78 is 0. The molecule has 0 aromatic carbocycles. The summed E-state index contributed by atoms with van der Waals surface area (Å²) in [5, 5.41) is 17.8. The second kappa shape index (κ2) is 8.05. The first-order valence-corrected chi connectivity index (χ1v) is 7.16. The topological polar surface area (TPSA) is 74.2 Å². The molecule has 0 aliphatic rings. The Morgan fingerprint density at radius 3 is 2.89 bits per heavy atom. The molecule has 6 heteroatoms. The van der Waals surface area contributed by atoms with Gasteiger partial charge >= 0.3 is 6.03 Å². The average molecular weight is 271 g/mol. The van der Waals surface area contributed by atoms with Gasteiger partial charge in [-0.2, -0.15) is 0 Å². The molecule has 0 aliphatic heterocycles. The second-order valence-corrected chi connectivity index (χ2v) is 5.03. The molecule has 2 amide bonds. The van der Waals surface area contributed by atoms with Crippen LogP contribution in [0.25, 0.3) is 0 Å². The number of hydrogen-bond acceptors (Lipinski definition) is 4. The zero-order valence-electron chi connectivity index (χ0n) is 10.9. The smallest absolute Gasteiger partial charge is 0.315 e. The molecule has 0 aliphatic carbocycles. The van der Waals surface area contributed by atoms with E-state index in [1.165, 1.54) is 0 Å². The molecule has 1 rings (SSSR count). The molecule has 0 spiro atoms. The van der Waals surface area contributed by atoms with E-state index in [-0.39, 0.29) is 12.6 Å². The van der Waals surface area contributed by atoms with Gasteiger partial charge < -0.3 is 15.7 Å². The SMILES string of the molecule is CCCC(O)CNC(=O)NCc1csc(CC)n1. The Bertz CT molecular complexity index is 368. The fourth-order valence-corrected chi connectivity index (χ4v) is 2.22. The summed E-state index contributed by atoms with van der Waals surface area (Å²) in [5.41, 5.74) is 0.876. The quantitative estimate of drug-likeness (QED) is 0.706. The molecule has 1 atom stereocenters. The summed E-state index contributed by atoms with van der Waals surface area (Å²) >= 11 is 1.60. The lowest BCUT2D eigenvalue weighted by Crippen LogP contribution is -2.39. The summed E-state index contributed by atoms with van der Waals surface area (Å²) in [6, 6.07) is -0.267. The van der Waals surface area contributed by atoms with Crippen molar-refractivity contribution in [3.8, 4) is 0 Å². The highest BCUT2D eigenvalue weighted by atomic mass is 32.1. The van der Waals surface area contributed by atoms with Crippen molar-refractivity contribution >= 4 is 17.4 Å². The van der Waals surface area contributed by atoms with E-state index in [1.54, 1.807) is 11.3 Å². The number of carbonyl (C=O) groups is 1. The largest absolute Gasteiger partial charge is 0.391 e. The third-order valence-corrected chi connectivity index (χ3v) is 3.49. The van der Waals surface area contributed by atoms with Crippen LogP contribution in [0.3, 0.4) is 0 Å². The maximum absolute atomic E-state index is 11.4. The summed E-state index contributed by atoms with van der Waals surface area (Å²) in [6.07, 6.45) is 2.06. The van der Waals surface area contributed by atoms with Crippen LogP contribution in [0.4, 0.5) is 4.79 Å². The molecular formula is C12H21N3O2S. The Kier molecular flexibility index (Phi) is 6.67. The van der Waals surface area contributed by atoms with Crippen molar-refractivity contribution in [1.82, 2.24) is 15.6 Å². The Morgan fingerprint density at radius 1 is 1.50 bits per heavy atom. The Labute approximate surface area is 112 Å². The first-order valence-electron chi connectivity index (χ1n) is 6.28. The minimum absolute atomic E-state index is 0.267. The van der Waals surface area contributed by atoms with Crippen molar-refractivity contribution in [2.75, 3.05) is 6.54 Å². The number of aromatic nitrogens is 1. The first-order chi connectivity index (χ1) is 8.65. The van der Waals surface area contributed by atoms with Crippen molar-refractivity contribution in [2.45, 2.75) is 45.8 Å². The molecule has 0 fully saturated rings. The van der Waals surface area contributed by atoms with E-state index in [9.17, 15) is 9.90 Å². The zero-order valence-corrected chi connectivity index (χ0v) is 11.7. The van der Waals surface area contributed by atoms with Gasteiger partial charge in [-0.3, -0.25) is 0 Å². The molecule has 0 saturated carbocycles. The van der Waals surface area contributed by atoms with Gasteiger partial charge in [0.1, 0.15) is 0 Å². The maximum atomic E-state index is 11.4. The Morgan fingerprint density at radius 2 is 2.28 bits per heavy atom. The molecule has 1 unspecified atom stereocenters. The summed E-state index contributed by atoms with van der Waals surface area (Å²) in [5.74, 6) is 0. The number of rotatable bonds is 7. The number of aryl methyl sites for hydroxylation is 1. The number of thiazole rings is 1. The Hall–Kier alpha value is -1.14. The molecule has 5 nitrogen and oxygen atoms in total. The minimum atomic E-state index is -0.466. The molecule has 1 heterocycles. The molecule has 3 N–H and O–H groups in total. The highest BCUT2D eigenvalue weighted by molar-refractivity contribution is 7.09. The van der Waals surface area contributed by atoms with Gasteiger partial charge in [0, 0.05) is 11.9 Å². The van der Waals surface area contributed by atoms with Crippen LogP contribution in [-0.4, -0.2) is 28.8 Å². The second-order valence-electron chi connectivity index (χ2n) is 4.09. The van der Waals surface area contributed by atoms with E-state index >= 15 is 0 Å². The molecule has 1 aromatic heterocycles. The average Bonchev–Trinajstić information content (AvgIpc) is 2.82. The van der Waals surface area contributed by atoms with Crippen LogP contribution >= 0.6 is 11.3 Å². The molecule has 1 aromatic rings. The number of hydrogen-bond donors (Lipinski definition) is 3. The third-order valence-electron chi connectivity index (χ3n) is 2.45. The molecule has 0 bridgehead atoms. The van der Waals surface area contributed by atoms with Crippen LogP contribution in [0.2, 0.25) is 0 Å². The monoisotopic (exact) mass is 271 g/mol. The molecular weight excluding hydrogens is 250 g/mol. The normalized spacial score (nSPS) is 12.2. The standard InChI is InChI=1S/C12H21N3O2S/c1-3-5-10(16)7-14-12(17)13-6-9-8-18-11(4-2)15-9/h8,10,16H,3-7H2,1-2H3,(H2,13,14,17). The number of nitrogens with zero attached hydrogens (tertiary/aromatic N) is 1. The highest BCUT2D eigenvalue weighted by Gasteiger charge is 2.06.